The normalized spacial score (nSPS) is 13.4. The average molecular weight is 420 g/mol. The van der Waals surface area contributed by atoms with Crippen LogP contribution in [0.2, 0.25) is 0 Å². The summed E-state index contributed by atoms with van der Waals surface area (Å²) in [6, 6.07) is 4.65. The van der Waals surface area contributed by atoms with E-state index >= 15 is 4.39 Å². The van der Waals surface area contributed by atoms with Crippen molar-refractivity contribution in [2.24, 2.45) is 0 Å². The Morgan fingerprint density at radius 3 is 2.53 bits per heavy atom. The first-order valence-corrected chi connectivity index (χ1v) is 9.29. The first-order chi connectivity index (χ1) is 14.0. The molecule has 0 aliphatic heterocycles. The number of rotatable bonds is 6. The van der Waals surface area contributed by atoms with Crippen molar-refractivity contribution in [2.75, 3.05) is 12.4 Å². The number of aromatic nitrogens is 3. The minimum atomic E-state index is -3.77. The number of fused-ring (bicyclic) bond motifs is 1. The molecule has 3 aromatic rings. The standard InChI is InChI=1S/C21H23F3N4O2/c1-11(13-7-6-8-15(18(13)22)21(23,24)20(3,4)29)26-19-14-9-17(30-5)25-10-16(14)27-12(2)28-19/h6-11,29H,1-5H3,(H,26,27,28)/t11-/m1/s1. The molecule has 2 N–H and O–H groups in total. The number of ether oxygens (including phenoxy) is 1. The third kappa shape index (κ3) is 3.89. The van der Waals surface area contributed by atoms with E-state index in [-0.39, 0.29) is 5.56 Å². The Labute approximate surface area is 172 Å². The lowest BCUT2D eigenvalue weighted by Crippen LogP contribution is -2.41. The Morgan fingerprint density at radius 2 is 1.90 bits per heavy atom. The molecule has 1 atom stereocenters. The van der Waals surface area contributed by atoms with E-state index in [1.165, 1.54) is 25.4 Å². The predicted octanol–water partition coefficient (Wildman–Crippen LogP) is 4.52. The maximum Gasteiger partial charge on any atom is 0.303 e. The molecular weight excluding hydrogens is 397 g/mol. The molecule has 0 saturated heterocycles. The highest BCUT2D eigenvalue weighted by molar-refractivity contribution is 5.89. The van der Waals surface area contributed by atoms with Crippen molar-refractivity contribution in [3.63, 3.8) is 0 Å². The number of halogens is 3. The second-order valence-corrected chi connectivity index (χ2v) is 7.57. The zero-order valence-electron chi connectivity index (χ0n) is 17.3. The molecule has 0 saturated carbocycles. The first kappa shape index (κ1) is 21.8. The van der Waals surface area contributed by atoms with Crippen LogP contribution in [0.15, 0.2) is 30.5 Å². The maximum absolute atomic E-state index is 15.1. The third-order valence-corrected chi connectivity index (χ3v) is 4.83. The molecule has 0 radical (unpaired) electrons. The van der Waals surface area contributed by atoms with Crippen molar-refractivity contribution in [2.45, 2.75) is 45.3 Å². The number of benzene rings is 1. The van der Waals surface area contributed by atoms with Crippen molar-refractivity contribution in [3.05, 3.63) is 53.2 Å². The number of aryl methyl sites for hydroxylation is 1. The summed E-state index contributed by atoms with van der Waals surface area (Å²) in [5, 5.41) is 13.5. The summed E-state index contributed by atoms with van der Waals surface area (Å²) in [5.74, 6) is -3.65. The molecule has 1 aromatic carbocycles. The Balaban J connectivity index is 2.03. The number of alkyl halides is 2. The highest BCUT2D eigenvalue weighted by Gasteiger charge is 2.49. The van der Waals surface area contributed by atoms with Gasteiger partial charge in [-0.05, 0) is 33.8 Å². The Bertz CT molecular complexity index is 1080. The topological polar surface area (TPSA) is 80.2 Å². The molecule has 9 heteroatoms. The lowest BCUT2D eigenvalue weighted by atomic mass is 9.91. The summed E-state index contributed by atoms with van der Waals surface area (Å²) in [6.45, 7) is 5.22. The molecule has 0 aliphatic carbocycles. The van der Waals surface area contributed by atoms with Crippen molar-refractivity contribution in [1.82, 2.24) is 15.0 Å². The van der Waals surface area contributed by atoms with E-state index in [4.69, 9.17) is 4.74 Å². The van der Waals surface area contributed by atoms with Crippen LogP contribution in [0.1, 0.15) is 43.8 Å². The van der Waals surface area contributed by atoms with Gasteiger partial charge in [0, 0.05) is 17.0 Å². The van der Waals surface area contributed by atoms with Gasteiger partial charge in [-0.25, -0.2) is 19.3 Å². The molecule has 3 rings (SSSR count). The molecule has 2 heterocycles. The molecule has 0 fully saturated rings. The minimum Gasteiger partial charge on any atom is -0.481 e. The minimum absolute atomic E-state index is 0.0156. The Morgan fingerprint density at radius 1 is 1.20 bits per heavy atom. The molecule has 160 valence electrons. The number of methoxy groups -OCH3 is 1. The van der Waals surface area contributed by atoms with E-state index in [1.807, 2.05) is 0 Å². The zero-order chi connectivity index (χ0) is 22.3. The second-order valence-electron chi connectivity index (χ2n) is 7.57. The molecule has 6 nitrogen and oxygen atoms in total. The van der Waals surface area contributed by atoms with Crippen LogP contribution in [0, 0.1) is 12.7 Å². The number of aliphatic hydroxyl groups is 1. The summed E-state index contributed by atoms with van der Waals surface area (Å²) < 4.78 is 49.4. The van der Waals surface area contributed by atoms with Crippen molar-refractivity contribution < 1.29 is 23.0 Å². The van der Waals surface area contributed by atoms with E-state index in [9.17, 15) is 13.9 Å². The highest BCUT2D eigenvalue weighted by Crippen LogP contribution is 2.41. The van der Waals surface area contributed by atoms with Gasteiger partial charge < -0.3 is 15.2 Å². The van der Waals surface area contributed by atoms with Gasteiger partial charge in [-0.15, -0.1) is 0 Å². The largest absolute Gasteiger partial charge is 0.481 e. The third-order valence-electron chi connectivity index (χ3n) is 4.83. The molecule has 0 amide bonds. The lowest BCUT2D eigenvalue weighted by molar-refractivity contribution is -0.170. The fourth-order valence-corrected chi connectivity index (χ4v) is 3.09. The van der Waals surface area contributed by atoms with Gasteiger partial charge in [-0.1, -0.05) is 12.1 Å². The smallest absolute Gasteiger partial charge is 0.303 e. The van der Waals surface area contributed by atoms with E-state index < -0.39 is 28.9 Å². The first-order valence-electron chi connectivity index (χ1n) is 9.29. The number of nitrogens with one attached hydrogen (secondary N) is 1. The number of hydrogen-bond acceptors (Lipinski definition) is 6. The Kier molecular flexibility index (Phi) is 5.60. The number of nitrogens with zero attached hydrogens (tertiary/aromatic N) is 3. The van der Waals surface area contributed by atoms with Crippen molar-refractivity contribution >= 4 is 16.7 Å². The fourth-order valence-electron chi connectivity index (χ4n) is 3.09. The number of pyridine rings is 1. The van der Waals surface area contributed by atoms with E-state index in [1.54, 1.807) is 19.9 Å². The van der Waals surface area contributed by atoms with Crippen LogP contribution in [0.4, 0.5) is 19.0 Å². The zero-order valence-corrected chi connectivity index (χ0v) is 17.3. The van der Waals surface area contributed by atoms with Crippen LogP contribution < -0.4 is 10.1 Å². The molecule has 0 unspecified atom stereocenters. The van der Waals surface area contributed by atoms with Crippen molar-refractivity contribution in [3.8, 4) is 5.88 Å². The number of anilines is 1. The van der Waals surface area contributed by atoms with Gasteiger partial charge in [0.1, 0.15) is 23.1 Å². The van der Waals surface area contributed by atoms with Gasteiger partial charge in [-0.3, -0.25) is 0 Å². The van der Waals surface area contributed by atoms with Crippen LogP contribution in [0.25, 0.3) is 10.9 Å². The molecule has 0 aliphatic rings. The summed E-state index contributed by atoms with van der Waals surface area (Å²) in [6.07, 6.45) is 1.53. The summed E-state index contributed by atoms with van der Waals surface area (Å²) in [4.78, 5) is 12.8. The van der Waals surface area contributed by atoms with Crippen LogP contribution in [-0.2, 0) is 5.92 Å². The monoisotopic (exact) mass is 420 g/mol. The Hall–Kier alpha value is -2.94. The van der Waals surface area contributed by atoms with Gasteiger partial charge in [0.2, 0.25) is 5.88 Å². The van der Waals surface area contributed by atoms with Gasteiger partial charge in [0.25, 0.3) is 0 Å². The van der Waals surface area contributed by atoms with Crippen molar-refractivity contribution in [1.29, 1.82) is 0 Å². The van der Waals surface area contributed by atoms with Crippen LogP contribution >= 0.6 is 0 Å². The van der Waals surface area contributed by atoms with Gasteiger partial charge >= 0.3 is 5.92 Å². The molecule has 0 spiro atoms. The SMILES string of the molecule is COc1cc2c(N[C@H](C)c3cccc(C(F)(F)C(C)(C)O)c3F)nc(C)nc2cn1. The maximum atomic E-state index is 15.1. The molecular formula is C21H23F3N4O2. The fraction of sp³-hybridized carbons (Fsp3) is 0.381. The predicted molar refractivity (Wildman–Crippen MR) is 107 cm³/mol. The summed E-state index contributed by atoms with van der Waals surface area (Å²) in [5.41, 5.74) is -2.72. The van der Waals surface area contributed by atoms with Gasteiger partial charge in [0.15, 0.2) is 0 Å². The van der Waals surface area contributed by atoms with E-state index in [2.05, 4.69) is 20.3 Å². The summed E-state index contributed by atoms with van der Waals surface area (Å²) in [7, 11) is 1.47. The summed E-state index contributed by atoms with van der Waals surface area (Å²) >= 11 is 0. The van der Waals surface area contributed by atoms with E-state index in [0.717, 1.165) is 19.9 Å². The average Bonchev–Trinajstić information content (AvgIpc) is 2.66. The van der Waals surface area contributed by atoms with Gasteiger partial charge in [-0.2, -0.15) is 8.78 Å². The lowest BCUT2D eigenvalue weighted by Gasteiger charge is -2.30. The highest BCUT2D eigenvalue weighted by atomic mass is 19.3. The van der Waals surface area contributed by atoms with Crippen LogP contribution in [-0.4, -0.2) is 32.8 Å². The molecule has 30 heavy (non-hydrogen) atoms. The quantitative estimate of drug-likeness (QED) is 0.611. The molecule has 0 bridgehead atoms. The number of hydrogen-bond donors (Lipinski definition) is 2. The van der Waals surface area contributed by atoms with E-state index in [0.29, 0.717) is 28.4 Å². The van der Waals surface area contributed by atoms with Crippen LogP contribution in [0.3, 0.4) is 0 Å². The second kappa shape index (κ2) is 7.71. The molecule has 2 aromatic heterocycles. The van der Waals surface area contributed by atoms with Crippen LogP contribution in [0.5, 0.6) is 5.88 Å². The van der Waals surface area contributed by atoms with Gasteiger partial charge in [0.05, 0.1) is 30.4 Å².